The molecule has 2 fully saturated rings. The van der Waals surface area contributed by atoms with Gasteiger partial charge in [0.05, 0.1) is 18.2 Å². The molecule has 4 heterocycles. The fraction of sp³-hybridized carbons (Fsp3) is 0.727. The van der Waals surface area contributed by atoms with E-state index in [1.54, 1.807) is 6.07 Å². The molecule has 2 N–H and O–H groups in total. The maximum absolute atomic E-state index is 12.8. The average Bonchev–Trinajstić information content (AvgIpc) is 3.00. The molecule has 1 atom stereocenters. The predicted molar refractivity (Wildman–Crippen MR) is 113 cm³/mol. The van der Waals surface area contributed by atoms with Crippen molar-refractivity contribution in [1.82, 2.24) is 19.4 Å². The fourth-order valence-corrected chi connectivity index (χ4v) is 5.09. The van der Waals surface area contributed by atoms with E-state index >= 15 is 0 Å². The quantitative estimate of drug-likeness (QED) is 0.786. The van der Waals surface area contributed by atoms with Crippen LogP contribution < -0.4 is 11.3 Å². The Morgan fingerprint density at radius 3 is 2.60 bits per heavy atom. The van der Waals surface area contributed by atoms with Gasteiger partial charge in [-0.05, 0) is 45.1 Å². The Morgan fingerprint density at radius 1 is 1.03 bits per heavy atom. The summed E-state index contributed by atoms with van der Waals surface area (Å²) in [5.74, 6) is 0.883. The third-order valence-corrected chi connectivity index (χ3v) is 6.92. The van der Waals surface area contributed by atoms with Crippen LogP contribution in [0.4, 0.5) is 0 Å². The van der Waals surface area contributed by atoms with Gasteiger partial charge < -0.3 is 10.6 Å². The van der Waals surface area contributed by atoms with E-state index in [1.807, 2.05) is 9.47 Å². The van der Waals surface area contributed by atoms with E-state index in [4.69, 9.17) is 10.7 Å². The number of rotatable bonds is 4. The molecule has 0 aromatic carbocycles. The number of nitrogens with zero attached hydrogens (tertiary/aromatic N) is 4. The number of carbonyl (C=O) groups is 2. The van der Waals surface area contributed by atoms with Gasteiger partial charge in [-0.15, -0.1) is 0 Å². The van der Waals surface area contributed by atoms with Crippen molar-refractivity contribution >= 4 is 11.8 Å². The lowest BCUT2D eigenvalue weighted by Gasteiger charge is -2.35. The molecule has 3 aliphatic rings. The molecule has 164 valence electrons. The smallest absolute Gasteiger partial charge is 0.253 e. The molecule has 0 aliphatic carbocycles. The van der Waals surface area contributed by atoms with E-state index in [0.717, 1.165) is 76.0 Å². The minimum Gasteiger partial charge on any atom is -0.369 e. The van der Waals surface area contributed by atoms with Crippen molar-refractivity contribution < 1.29 is 9.59 Å². The molecule has 3 aliphatic heterocycles. The Labute approximate surface area is 177 Å². The van der Waals surface area contributed by atoms with E-state index in [-0.39, 0.29) is 29.2 Å². The molecule has 0 bridgehead atoms. The Bertz CT molecular complexity index is 844. The molecule has 2 saturated heterocycles. The molecule has 30 heavy (non-hydrogen) atoms. The summed E-state index contributed by atoms with van der Waals surface area (Å²) in [5, 5.41) is 0. The first-order valence-corrected chi connectivity index (χ1v) is 11.4. The first-order chi connectivity index (χ1) is 14.5. The lowest BCUT2D eigenvalue weighted by Crippen LogP contribution is -2.48. The summed E-state index contributed by atoms with van der Waals surface area (Å²) in [5.41, 5.74) is 6.42. The summed E-state index contributed by atoms with van der Waals surface area (Å²) in [7, 11) is 0. The van der Waals surface area contributed by atoms with Crippen molar-refractivity contribution in [2.24, 2.45) is 11.7 Å². The van der Waals surface area contributed by atoms with Gasteiger partial charge in [0.2, 0.25) is 11.8 Å². The SMILES string of the molecule is NC(=O)C1CCCN(CC(=O)N2CCC(c3cc(=O)n4c(n3)CCCCC4)CC2)C1. The zero-order valence-corrected chi connectivity index (χ0v) is 17.7. The zero-order chi connectivity index (χ0) is 21.1. The summed E-state index contributed by atoms with van der Waals surface area (Å²) in [6, 6.07) is 1.72. The summed E-state index contributed by atoms with van der Waals surface area (Å²) < 4.78 is 1.84. The predicted octanol–water partition coefficient (Wildman–Crippen LogP) is 0.873. The number of hydrogen-bond donors (Lipinski definition) is 1. The Morgan fingerprint density at radius 2 is 1.83 bits per heavy atom. The molecule has 1 unspecified atom stereocenters. The number of aromatic nitrogens is 2. The molecule has 1 aromatic heterocycles. The number of aryl methyl sites for hydroxylation is 1. The molecule has 1 aromatic rings. The highest BCUT2D eigenvalue weighted by Gasteiger charge is 2.29. The Hall–Kier alpha value is -2.22. The lowest BCUT2D eigenvalue weighted by atomic mass is 9.93. The van der Waals surface area contributed by atoms with Crippen LogP contribution in [0.3, 0.4) is 0 Å². The van der Waals surface area contributed by atoms with Crippen LogP contribution in [0.2, 0.25) is 0 Å². The Balaban J connectivity index is 1.33. The van der Waals surface area contributed by atoms with Crippen LogP contribution in [0.5, 0.6) is 0 Å². The van der Waals surface area contributed by atoms with Gasteiger partial charge in [0.25, 0.3) is 5.56 Å². The van der Waals surface area contributed by atoms with E-state index in [1.165, 1.54) is 0 Å². The number of amides is 2. The van der Waals surface area contributed by atoms with Crippen molar-refractivity contribution in [3.05, 3.63) is 27.9 Å². The maximum Gasteiger partial charge on any atom is 0.253 e. The molecule has 4 rings (SSSR count). The molecular weight excluding hydrogens is 382 g/mol. The van der Waals surface area contributed by atoms with Crippen molar-refractivity contribution in [3.63, 3.8) is 0 Å². The number of fused-ring (bicyclic) bond motifs is 1. The summed E-state index contributed by atoms with van der Waals surface area (Å²) in [6.45, 7) is 3.94. The first-order valence-electron chi connectivity index (χ1n) is 11.4. The highest BCUT2D eigenvalue weighted by atomic mass is 16.2. The number of likely N-dealkylation sites (tertiary alicyclic amines) is 2. The molecule has 0 radical (unpaired) electrons. The van der Waals surface area contributed by atoms with Gasteiger partial charge >= 0.3 is 0 Å². The average molecular weight is 416 g/mol. The van der Waals surface area contributed by atoms with Gasteiger partial charge in [0, 0.05) is 44.6 Å². The maximum atomic E-state index is 12.8. The summed E-state index contributed by atoms with van der Waals surface area (Å²) in [4.78, 5) is 45.6. The van der Waals surface area contributed by atoms with Crippen molar-refractivity contribution in [1.29, 1.82) is 0 Å². The van der Waals surface area contributed by atoms with Gasteiger partial charge in [0.1, 0.15) is 5.82 Å². The number of nitrogens with two attached hydrogens (primary N) is 1. The standard InChI is InChI=1S/C22H33N5O3/c23-22(30)17-5-4-9-25(14-17)15-21(29)26-11-7-16(8-12-26)18-13-20(28)27-10-3-1-2-6-19(27)24-18/h13,16-17H,1-12,14-15H2,(H2,23,30). The minimum absolute atomic E-state index is 0.0736. The van der Waals surface area contributed by atoms with Crippen molar-refractivity contribution in [3.8, 4) is 0 Å². The van der Waals surface area contributed by atoms with Gasteiger partial charge in [-0.25, -0.2) is 4.98 Å². The van der Waals surface area contributed by atoms with Crippen LogP contribution in [0.1, 0.15) is 62.4 Å². The second-order valence-electron chi connectivity index (χ2n) is 9.03. The van der Waals surface area contributed by atoms with E-state index in [0.29, 0.717) is 26.2 Å². The van der Waals surface area contributed by atoms with E-state index < -0.39 is 0 Å². The third-order valence-electron chi connectivity index (χ3n) is 6.92. The van der Waals surface area contributed by atoms with Gasteiger partial charge in [0.15, 0.2) is 0 Å². The molecule has 0 saturated carbocycles. The highest BCUT2D eigenvalue weighted by molar-refractivity contribution is 5.79. The zero-order valence-electron chi connectivity index (χ0n) is 17.7. The number of piperidine rings is 2. The number of primary amides is 1. The molecule has 8 nitrogen and oxygen atoms in total. The minimum atomic E-state index is -0.267. The van der Waals surface area contributed by atoms with Crippen molar-refractivity contribution in [2.45, 2.75) is 63.8 Å². The Kier molecular flexibility index (Phi) is 6.51. The van der Waals surface area contributed by atoms with Crippen LogP contribution >= 0.6 is 0 Å². The van der Waals surface area contributed by atoms with Crippen LogP contribution in [-0.2, 0) is 22.6 Å². The molecule has 2 amide bonds. The van der Waals surface area contributed by atoms with Gasteiger partial charge in [-0.2, -0.15) is 0 Å². The van der Waals surface area contributed by atoms with Gasteiger partial charge in [-0.3, -0.25) is 23.9 Å². The van der Waals surface area contributed by atoms with E-state index in [9.17, 15) is 14.4 Å². The molecular formula is C22H33N5O3. The van der Waals surface area contributed by atoms with Crippen LogP contribution in [-0.4, -0.2) is 63.9 Å². The second-order valence-corrected chi connectivity index (χ2v) is 9.03. The van der Waals surface area contributed by atoms with Crippen molar-refractivity contribution in [2.75, 3.05) is 32.7 Å². The second kappa shape index (κ2) is 9.29. The van der Waals surface area contributed by atoms with Crippen LogP contribution in [0.25, 0.3) is 0 Å². The monoisotopic (exact) mass is 415 g/mol. The van der Waals surface area contributed by atoms with Gasteiger partial charge in [-0.1, -0.05) is 6.42 Å². The van der Waals surface area contributed by atoms with Crippen LogP contribution in [0, 0.1) is 5.92 Å². The van der Waals surface area contributed by atoms with E-state index in [2.05, 4.69) is 4.90 Å². The molecule has 0 spiro atoms. The number of carbonyl (C=O) groups excluding carboxylic acids is 2. The third kappa shape index (κ3) is 4.74. The summed E-state index contributed by atoms with van der Waals surface area (Å²) >= 11 is 0. The fourth-order valence-electron chi connectivity index (χ4n) is 5.09. The normalized spacial score (nSPS) is 23.6. The van der Waals surface area contributed by atoms with Crippen LogP contribution in [0.15, 0.2) is 10.9 Å². The first kappa shape index (κ1) is 21.0. The topological polar surface area (TPSA) is 102 Å². The largest absolute Gasteiger partial charge is 0.369 e. The summed E-state index contributed by atoms with van der Waals surface area (Å²) in [6.07, 6.45) is 7.57. The highest BCUT2D eigenvalue weighted by Crippen LogP contribution is 2.27. The lowest BCUT2D eigenvalue weighted by molar-refractivity contribution is -0.135. The molecule has 8 heteroatoms. The number of hydrogen-bond acceptors (Lipinski definition) is 5.